The normalized spacial score (nSPS) is 17.4. The highest BCUT2D eigenvalue weighted by atomic mass is 32.1. The zero-order chi connectivity index (χ0) is 17.5. The molecule has 5 rings (SSSR count). The maximum atomic E-state index is 12.7. The quantitative estimate of drug-likeness (QED) is 0.594. The van der Waals surface area contributed by atoms with Crippen LogP contribution in [0.2, 0.25) is 0 Å². The molecule has 1 atom stereocenters. The van der Waals surface area contributed by atoms with E-state index in [1.165, 1.54) is 17.7 Å². The van der Waals surface area contributed by atoms with Gasteiger partial charge in [0, 0.05) is 11.9 Å². The molecule has 1 aromatic carbocycles. The van der Waals surface area contributed by atoms with Crippen LogP contribution in [0, 0.1) is 0 Å². The smallest absolute Gasteiger partial charge is 0.299 e. The lowest BCUT2D eigenvalue weighted by Gasteiger charge is -2.21. The van der Waals surface area contributed by atoms with Crippen molar-refractivity contribution in [2.24, 2.45) is 0 Å². The summed E-state index contributed by atoms with van der Waals surface area (Å²) in [4.78, 5) is 24.2. The monoisotopic (exact) mass is 368 g/mol. The van der Waals surface area contributed by atoms with Gasteiger partial charge in [0.25, 0.3) is 6.01 Å². The maximum Gasteiger partial charge on any atom is 0.299 e. The molecule has 0 unspecified atom stereocenters. The average Bonchev–Trinajstić information content (AvgIpc) is 3.42. The number of thiazole rings is 1. The van der Waals surface area contributed by atoms with Gasteiger partial charge < -0.3 is 14.6 Å². The van der Waals surface area contributed by atoms with E-state index in [1.54, 1.807) is 4.52 Å². The number of anilines is 1. The van der Waals surface area contributed by atoms with Crippen molar-refractivity contribution < 1.29 is 9.21 Å². The number of aromatic nitrogens is 4. The lowest BCUT2D eigenvalue weighted by molar-refractivity contribution is -0.122. The lowest BCUT2D eigenvalue weighted by Crippen LogP contribution is -2.43. The number of carbonyl (C=O) groups excluding carboxylic acids is 1. The zero-order valence-corrected chi connectivity index (χ0v) is 14.6. The second kappa shape index (κ2) is 6.10. The number of amides is 1. The third kappa shape index (κ3) is 2.51. The molecule has 4 heterocycles. The molecule has 132 valence electrons. The van der Waals surface area contributed by atoms with E-state index in [4.69, 9.17) is 4.42 Å². The Hall–Kier alpha value is -2.94. The van der Waals surface area contributed by atoms with Crippen molar-refractivity contribution in [1.29, 1.82) is 0 Å². The van der Waals surface area contributed by atoms with E-state index < -0.39 is 0 Å². The molecule has 1 amide bonds. The SMILES string of the molecule is O=C(NCc1csc2ncnn12)[C@H]1CCCN1c1nc2ccccc2o1. The Balaban J connectivity index is 1.33. The van der Waals surface area contributed by atoms with Crippen LogP contribution in [0.25, 0.3) is 16.1 Å². The Bertz CT molecular complexity index is 1050. The largest absolute Gasteiger partial charge is 0.423 e. The number of rotatable bonds is 4. The molecule has 0 radical (unpaired) electrons. The van der Waals surface area contributed by atoms with Gasteiger partial charge in [-0.15, -0.1) is 11.3 Å². The van der Waals surface area contributed by atoms with Crippen molar-refractivity contribution in [2.45, 2.75) is 25.4 Å². The number of benzene rings is 1. The Morgan fingerprint density at radius 3 is 3.23 bits per heavy atom. The first-order valence-corrected chi connectivity index (χ1v) is 9.33. The summed E-state index contributed by atoms with van der Waals surface area (Å²) >= 11 is 1.51. The topological polar surface area (TPSA) is 88.6 Å². The molecule has 1 aliphatic heterocycles. The van der Waals surface area contributed by atoms with Crippen LogP contribution in [-0.2, 0) is 11.3 Å². The molecule has 1 aliphatic rings. The molecule has 26 heavy (non-hydrogen) atoms. The van der Waals surface area contributed by atoms with Gasteiger partial charge in [-0.1, -0.05) is 12.1 Å². The van der Waals surface area contributed by atoms with Crippen LogP contribution >= 0.6 is 11.3 Å². The van der Waals surface area contributed by atoms with Crippen molar-refractivity contribution in [2.75, 3.05) is 11.4 Å². The number of fused-ring (bicyclic) bond motifs is 2. The first kappa shape index (κ1) is 15.3. The molecule has 3 aromatic heterocycles. The molecule has 0 saturated carbocycles. The van der Waals surface area contributed by atoms with E-state index in [0.717, 1.165) is 41.1 Å². The van der Waals surface area contributed by atoms with Gasteiger partial charge in [0.15, 0.2) is 5.58 Å². The average molecular weight is 368 g/mol. The van der Waals surface area contributed by atoms with Gasteiger partial charge in [-0.2, -0.15) is 10.1 Å². The zero-order valence-electron chi connectivity index (χ0n) is 13.8. The van der Waals surface area contributed by atoms with Gasteiger partial charge in [-0.05, 0) is 25.0 Å². The van der Waals surface area contributed by atoms with Crippen molar-refractivity contribution >= 4 is 39.3 Å². The highest BCUT2D eigenvalue weighted by Gasteiger charge is 2.33. The van der Waals surface area contributed by atoms with Crippen LogP contribution in [0.5, 0.6) is 0 Å². The molecule has 4 aromatic rings. The molecule has 0 bridgehead atoms. The van der Waals surface area contributed by atoms with Gasteiger partial charge in [0.2, 0.25) is 10.9 Å². The van der Waals surface area contributed by atoms with E-state index in [0.29, 0.717) is 12.6 Å². The number of hydrogen-bond acceptors (Lipinski definition) is 7. The molecule has 8 nitrogen and oxygen atoms in total. The van der Waals surface area contributed by atoms with Gasteiger partial charge in [-0.3, -0.25) is 4.79 Å². The van der Waals surface area contributed by atoms with Crippen LogP contribution in [0.4, 0.5) is 6.01 Å². The summed E-state index contributed by atoms with van der Waals surface area (Å²) in [5, 5.41) is 9.14. The summed E-state index contributed by atoms with van der Waals surface area (Å²) in [6, 6.07) is 7.88. The Morgan fingerprint density at radius 1 is 1.38 bits per heavy atom. The Morgan fingerprint density at radius 2 is 2.31 bits per heavy atom. The van der Waals surface area contributed by atoms with E-state index in [9.17, 15) is 4.79 Å². The third-order valence-corrected chi connectivity index (χ3v) is 5.50. The van der Waals surface area contributed by atoms with Gasteiger partial charge >= 0.3 is 0 Å². The maximum absolute atomic E-state index is 12.7. The first-order valence-electron chi connectivity index (χ1n) is 8.45. The fourth-order valence-corrected chi connectivity index (χ4v) is 4.14. The summed E-state index contributed by atoms with van der Waals surface area (Å²) in [5.41, 5.74) is 2.46. The van der Waals surface area contributed by atoms with E-state index in [1.807, 2.05) is 34.5 Å². The summed E-state index contributed by atoms with van der Waals surface area (Å²) < 4.78 is 7.59. The molecule has 0 spiro atoms. The Kier molecular flexibility index (Phi) is 3.59. The minimum absolute atomic E-state index is 0.0239. The number of hydrogen-bond donors (Lipinski definition) is 1. The van der Waals surface area contributed by atoms with Crippen molar-refractivity contribution in [1.82, 2.24) is 24.9 Å². The fourth-order valence-electron chi connectivity index (χ4n) is 3.34. The van der Waals surface area contributed by atoms with Crippen LogP contribution in [0.15, 0.2) is 40.4 Å². The minimum Gasteiger partial charge on any atom is -0.423 e. The predicted molar refractivity (Wildman–Crippen MR) is 97.1 cm³/mol. The molecule has 1 N–H and O–H groups in total. The van der Waals surface area contributed by atoms with E-state index >= 15 is 0 Å². The summed E-state index contributed by atoms with van der Waals surface area (Å²) in [6.07, 6.45) is 3.23. The first-order chi connectivity index (χ1) is 12.8. The highest BCUT2D eigenvalue weighted by molar-refractivity contribution is 7.15. The molecule has 1 fully saturated rings. The molecular formula is C17H16N6O2S. The number of nitrogens with zero attached hydrogens (tertiary/aromatic N) is 5. The fraction of sp³-hybridized carbons (Fsp3) is 0.294. The van der Waals surface area contributed by atoms with Gasteiger partial charge in [-0.25, -0.2) is 9.50 Å². The predicted octanol–water partition coefficient (Wildman–Crippen LogP) is 2.22. The van der Waals surface area contributed by atoms with E-state index in [-0.39, 0.29) is 11.9 Å². The molecule has 9 heteroatoms. The van der Waals surface area contributed by atoms with Crippen LogP contribution in [0.3, 0.4) is 0 Å². The summed E-state index contributed by atoms with van der Waals surface area (Å²) in [5.74, 6) is -0.0239. The summed E-state index contributed by atoms with van der Waals surface area (Å²) in [7, 11) is 0. The highest BCUT2D eigenvalue weighted by Crippen LogP contribution is 2.28. The number of nitrogens with one attached hydrogen (secondary N) is 1. The van der Waals surface area contributed by atoms with E-state index in [2.05, 4.69) is 20.4 Å². The van der Waals surface area contributed by atoms with Crippen LogP contribution < -0.4 is 10.2 Å². The van der Waals surface area contributed by atoms with Gasteiger partial charge in [0.1, 0.15) is 17.9 Å². The number of para-hydroxylation sites is 2. The molecule has 0 aliphatic carbocycles. The van der Waals surface area contributed by atoms with Crippen molar-refractivity contribution in [3.63, 3.8) is 0 Å². The number of carbonyl (C=O) groups is 1. The lowest BCUT2D eigenvalue weighted by atomic mass is 10.2. The van der Waals surface area contributed by atoms with Crippen LogP contribution in [0.1, 0.15) is 18.5 Å². The molecular weight excluding hydrogens is 352 g/mol. The minimum atomic E-state index is -0.270. The third-order valence-electron chi connectivity index (χ3n) is 4.62. The molecule has 1 saturated heterocycles. The van der Waals surface area contributed by atoms with Crippen molar-refractivity contribution in [3.8, 4) is 0 Å². The second-order valence-electron chi connectivity index (χ2n) is 6.21. The van der Waals surface area contributed by atoms with Gasteiger partial charge in [0.05, 0.1) is 12.2 Å². The number of oxazole rings is 1. The summed E-state index contributed by atoms with van der Waals surface area (Å²) in [6.45, 7) is 1.18. The Labute approximate surface area is 152 Å². The van der Waals surface area contributed by atoms with Crippen molar-refractivity contribution in [3.05, 3.63) is 41.7 Å². The second-order valence-corrected chi connectivity index (χ2v) is 7.05. The standard InChI is InChI=1S/C17H16N6O2S/c24-15(18-8-11-9-26-17-19-10-20-23(11)17)13-5-3-7-22(13)16-21-12-4-1-2-6-14(12)25-16/h1-2,4,6,9-10,13H,3,5,7-8H2,(H,18,24)/t13-/m1/s1. The van der Waals surface area contributed by atoms with Crippen LogP contribution in [-0.4, -0.2) is 38.1 Å².